The molecule has 7 heteroatoms. The topological polar surface area (TPSA) is 79.8 Å². The van der Waals surface area contributed by atoms with Gasteiger partial charge in [0.05, 0.1) is 11.3 Å². The molecule has 1 amide bonds. The molecule has 0 saturated carbocycles. The Labute approximate surface area is 173 Å². The molecule has 29 heavy (non-hydrogen) atoms. The third-order valence-electron chi connectivity index (χ3n) is 4.24. The lowest BCUT2D eigenvalue weighted by atomic mass is 10.0. The zero-order valence-corrected chi connectivity index (χ0v) is 16.2. The zero-order chi connectivity index (χ0) is 20.1. The highest BCUT2D eigenvalue weighted by molar-refractivity contribution is 7.81. The second-order valence-corrected chi connectivity index (χ2v) is 6.80. The van der Waals surface area contributed by atoms with Crippen LogP contribution >= 0.6 is 12.2 Å². The summed E-state index contributed by atoms with van der Waals surface area (Å²) in [5, 5.41) is 6.06. The molecule has 1 aromatic carbocycles. The van der Waals surface area contributed by atoms with Crippen molar-refractivity contribution in [1.29, 1.82) is 0 Å². The van der Waals surface area contributed by atoms with Crippen LogP contribution in [0.15, 0.2) is 84.9 Å². The van der Waals surface area contributed by atoms with E-state index in [0.29, 0.717) is 28.5 Å². The van der Waals surface area contributed by atoms with Gasteiger partial charge in [0.15, 0.2) is 0 Å². The van der Waals surface area contributed by atoms with E-state index in [1.807, 2.05) is 54.6 Å². The number of anilines is 3. The highest BCUT2D eigenvalue weighted by Gasteiger charge is 2.15. The van der Waals surface area contributed by atoms with Gasteiger partial charge in [0, 0.05) is 46.8 Å². The molecule has 2 aromatic heterocycles. The van der Waals surface area contributed by atoms with Crippen LogP contribution in [0, 0.1) is 0 Å². The maximum atomic E-state index is 12.5. The molecule has 2 N–H and O–H groups in total. The van der Waals surface area contributed by atoms with E-state index in [2.05, 4.69) is 25.6 Å². The van der Waals surface area contributed by atoms with Gasteiger partial charge in [0.1, 0.15) is 0 Å². The highest BCUT2D eigenvalue weighted by atomic mass is 32.1. The number of amides is 1. The lowest BCUT2D eigenvalue weighted by Crippen LogP contribution is -2.20. The molecule has 142 valence electrons. The average molecular weight is 399 g/mol. The number of nitrogens with one attached hydrogen (secondary N) is 2. The Morgan fingerprint density at radius 3 is 2.79 bits per heavy atom. The molecular weight excluding hydrogens is 382 g/mol. The van der Waals surface area contributed by atoms with Crippen LogP contribution in [0.5, 0.6) is 0 Å². The molecule has 0 unspecified atom stereocenters. The minimum Gasteiger partial charge on any atom is -0.324 e. The zero-order valence-electron chi connectivity index (χ0n) is 15.4. The first-order chi connectivity index (χ1) is 14.2. The van der Waals surface area contributed by atoms with Crippen molar-refractivity contribution in [3.8, 4) is 11.3 Å². The molecule has 0 saturated heterocycles. The summed E-state index contributed by atoms with van der Waals surface area (Å²) in [7, 11) is 0. The lowest BCUT2D eigenvalue weighted by molar-refractivity contribution is -0.112. The minimum absolute atomic E-state index is 0.216. The van der Waals surface area contributed by atoms with Gasteiger partial charge in [-0.15, -0.1) is 0 Å². The van der Waals surface area contributed by atoms with Gasteiger partial charge in [-0.05, 0) is 42.5 Å². The van der Waals surface area contributed by atoms with Gasteiger partial charge in [-0.25, -0.2) is 9.97 Å². The number of hydrogen-bond acceptors (Lipinski definition) is 6. The molecule has 1 aliphatic rings. The van der Waals surface area contributed by atoms with Gasteiger partial charge in [0.2, 0.25) is 5.95 Å². The maximum Gasteiger partial charge on any atom is 0.256 e. The van der Waals surface area contributed by atoms with Crippen molar-refractivity contribution in [3.05, 3.63) is 84.9 Å². The fourth-order valence-electron chi connectivity index (χ4n) is 2.84. The van der Waals surface area contributed by atoms with Gasteiger partial charge in [-0.1, -0.05) is 30.4 Å². The van der Waals surface area contributed by atoms with Crippen LogP contribution < -0.4 is 10.6 Å². The normalized spacial score (nSPS) is 13.0. The van der Waals surface area contributed by atoms with Crippen LogP contribution in [0.1, 0.15) is 6.42 Å². The number of pyridine rings is 1. The van der Waals surface area contributed by atoms with E-state index in [1.54, 1.807) is 24.7 Å². The van der Waals surface area contributed by atoms with Crippen molar-refractivity contribution in [3.63, 3.8) is 0 Å². The van der Waals surface area contributed by atoms with Gasteiger partial charge in [-0.2, -0.15) is 0 Å². The van der Waals surface area contributed by atoms with Crippen LogP contribution in [0.4, 0.5) is 17.3 Å². The van der Waals surface area contributed by atoms with Crippen molar-refractivity contribution >= 4 is 40.3 Å². The summed E-state index contributed by atoms with van der Waals surface area (Å²) in [4.78, 5) is 26.1. The van der Waals surface area contributed by atoms with Crippen LogP contribution in [0.3, 0.4) is 0 Å². The minimum atomic E-state index is -0.216. The summed E-state index contributed by atoms with van der Waals surface area (Å²) in [6, 6.07) is 13.0. The third-order valence-corrected chi connectivity index (χ3v) is 4.62. The van der Waals surface area contributed by atoms with Crippen molar-refractivity contribution < 1.29 is 4.79 Å². The molecule has 0 spiro atoms. The summed E-state index contributed by atoms with van der Waals surface area (Å²) < 4.78 is 0. The Hall–Kier alpha value is -3.71. The first-order valence-electron chi connectivity index (χ1n) is 9.01. The molecule has 2 heterocycles. The Balaban J connectivity index is 1.50. The van der Waals surface area contributed by atoms with Crippen molar-refractivity contribution in [2.45, 2.75) is 6.42 Å². The first-order valence-corrected chi connectivity index (χ1v) is 9.42. The van der Waals surface area contributed by atoms with E-state index in [1.165, 1.54) is 0 Å². The monoisotopic (exact) mass is 399 g/mol. The van der Waals surface area contributed by atoms with E-state index in [9.17, 15) is 4.79 Å². The maximum absolute atomic E-state index is 12.5. The van der Waals surface area contributed by atoms with E-state index in [4.69, 9.17) is 12.2 Å². The Kier molecular flexibility index (Phi) is 5.49. The molecule has 0 fully saturated rings. The molecule has 4 rings (SSSR count). The van der Waals surface area contributed by atoms with E-state index in [-0.39, 0.29) is 5.91 Å². The number of thiocarbonyl (C=S) groups is 1. The fourth-order valence-corrected chi connectivity index (χ4v) is 3.10. The lowest BCUT2D eigenvalue weighted by Gasteiger charge is -2.12. The molecular formula is C22H17N5OS. The van der Waals surface area contributed by atoms with Gasteiger partial charge < -0.3 is 10.6 Å². The largest absolute Gasteiger partial charge is 0.324 e. The first kappa shape index (κ1) is 18.6. The molecule has 6 nitrogen and oxygen atoms in total. The van der Waals surface area contributed by atoms with E-state index in [0.717, 1.165) is 16.9 Å². The summed E-state index contributed by atoms with van der Waals surface area (Å²) in [5.41, 5.74) is 3.61. The number of hydrogen-bond donors (Lipinski definition) is 2. The summed E-state index contributed by atoms with van der Waals surface area (Å²) in [5.74, 6) is 0.238. The van der Waals surface area contributed by atoms with Crippen LogP contribution in [0.2, 0.25) is 0 Å². The standard InChI is InChI=1S/C22H17N5OS/c28-21(18-8-1-2-9-20(18)29)25-16-6-3-7-17(13-16)26-22-24-12-10-19(27-22)15-5-4-11-23-14-15/h1-8,10-14H,9H2,(H,25,28)(H,24,26,27). The average Bonchev–Trinajstić information content (AvgIpc) is 2.75. The van der Waals surface area contributed by atoms with Crippen LogP contribution in [-0.4, -0.2) is 25.7 Å². The summed E-state index contributed by atoms with van der Waals surface area (Å²) >= 11 is 5.27. The second-order valence-electron chi connectivity index (χ2n) is 6.30. The fraction of sp³-hybridized carbons (Fsp3) is 0.0455. The smallest absolute Gasteiger partial charge is 0.256 e. The van der Waals surface area contributed by atoms with Crippen LogP contribution in [-0.2, 0) is 4.79 Å². The molecule has 0 atom stereocenters. The molecule has 3 aromatic rings. The summed E-state index contributed by atoms with van der Waals surface area (Å²) in [6.07, 6.45) is 11.3. The third kappa shape index (κ3) is 4.59. The Morgan fingerprint density at radius 1 is 1.07 bits per heavy atom. The number of aromatic nitrogens is 3. The number of carbonyl (C=O) groups excluding carboxylic acids is 1. The van der Waals surface area contributed by atoms with Gasteiger partial charge in [-0.3, -0.25) is 9.78 Å². The molecule has 0 aliphatic heterocycles. The number of allylic oxidation sites excluding steroid dienone is 3. The van der Waals surface area contributed by atoms with Gasteiger partial charge in [0.25, 0.3) is 5.91 Å². The van der Waals surface area contributed by atoms with Crippen molar-refractivity contribution in [2.24, 2.45) is 0 Å². The molecule has 1 aliphatic carbocycles. The quantitative estimate of drug-likeness (QED) is 0.616. The van der Waals surface area contributed by atoms with Gasteiger partial charge >= 0.3 is 0 Å². The van der Waals surface area contributed by atoms with Crippen molar-refractivity contribution in [2.75, 3.05) is 10.6 Å². The number of benzene rings is 1. The Morgan fingerprint density at radius 2 is 1.97 bits per heavy atom. The predicted octanol–water partition coefficient (Wildman–Crippen LogP) is 4.48. The second kappa shape index (κ2) is 8.53. The van der Waals surface area contributed by atoms with Crippen molar-refractivity contribution in [1.82, 2.24) is 15.0 Å². The van der Waals surface area contributed by atoms with Crippen LogP contribution in [0.25, 0.3) is 11.3 Å². The molecule has 0 radical (unpaired) electrons. The SMILES string of the molecule is O=C(Nc1cccc(Nc2nccc(-c3cccnc3)n2)c1)C1=CC=CCC1=S. The highest BCUT2D eigenvalue weighted by Crippen LogP contribution is 2.21. The number of nitrogens with zero attached hydrogens (tertiary/aromatic N) is 3. The number of carbonyl (C=O) groups is 1. The van der Waals surface area contributed by atoms with E-state index >= 15 is 0 Å². The molecule has 0 bridgehead atoms. The summed E-state index contributed by atoms with van der Waals surface area (Å²) in [6.45, 7) is 0. The Bertz CT molecular complexity index is 1120. The predicted molar refractivity (Wildman–Crippen MR) is 118 cm³/mol. The number of rotatable bonds is 5. The van der Waals surface area contributed by atoms with E-state index < -0.39 is 0 Å².